The summed E-state index contributed by atoms with van der Waals surface area (Å²) >= 11 is 0. The molecule has 0 saturated heterocycles. The first-order chi connectivity index (χ1) is 5.25. The van der Waals surface area contributed by atoms with Crippen molar-refractivity contribution >= 4 is 0 Å². The minimum absolute atomic E-state index is 0.0434. The van der Waals surface area contributed by atoms with Crippen LogP contribution in [0.4, 0.5) is 0 Å². The standard InChI is InChI=1S/C10H16O/c1-3-10(8-11)7-5-4-6-9(10)2/h5-7,11H,3-4,8H2,1-2H3/t10-/m0/s1. The van der Waals surface area contributed by atoms with Crippen LogP contribution in [0, 0.1) is 5.41 Å². The summed E-state index contributed by atoms with van der Waals surface area (Å²) in [6.07, 6.45) is 8.48. The summed E-state index contributed by atoms with van der Waals surface area (Å²) in [5.41, 5.74) is 1.27. The van der Waals surface area contributed by atoms with Crippen molar-refractivity contribution in [2.45, 2.75) is 26.7 Å². The highest BCUT2D eigenvalue weighted by molar-refractivity contribution is 5.25. The Balaban J connectivity index is 2.87. The van der Waals surface area contributed by atoms with Crippen molar-refractivity contribution in [2.75, 3.05) is 6.61 Å². The molecule has 0 radical (unpaired) electrons. The second-order valence-corrected chi connectivity index (χ2v) is 3.19. The Morgan fingerprint density at radius 1 is 1.64 bits per heavy atom. The lowest BCUT2D eigenvalue weighted by atomic mass is 9.76. The van der Waals surface area contributed by atoms with Gasteiger partial charge in [0.25, 0.3) is 0 Å². The largest absolute Gasteiger partial charge is 0.395 e. The van der Waals surface area contributed by atoms with Gasteiger partial charge in [0.2, 0.25) is 0 Å². The number of hydrogen-bond acceptors (Lipinski definition) is 1. The van der Waals surface area contributed by atoms with Crippen LogP contribution in [0.15, 0.2) is 23.8 Å². The maximum atomic E-state index is 9.22. The van der Waals surface area contributed by atoms with Crippen LogP contribution in [0.1, 0.15) is 26.7 Å². The monoisotopic (exact) mass is 152 g/mol. The predicted molar refractivity (Wildman–Crippen MR) is 47.3 cm³/mol. The Labute approximate surface area is 68.4 Å². The van der Waals surface area contributed by atoms with Gasteiger partial charge in [-0.05, 0) is 19.8 Å². The molecule has 0 spiro atoms. The van der Waals surface area contributed by atoms with Gasteiger partial charge in [0.15, 0.2) is 0 Å². The first-order valence-electron chi connectivity index (χ1n) is 4.21. The number of allylic oxidation sites excluding steroid dienone is 2. The van der Waals surface area contributed by atoms with Gasteiger partial charge in [-0.15, -0.1) is 0 Å². The molecule has 0 amide bonds. The molecule has 0 aromatic rings. The highest BCUT2D eigenvalue weighted by atomic mass is 16.3. The van der Waals surface area contributed by atoms with Crippen molar-refractivity contribution in [1.82, 2.24) is 0 Å². The summed E-state index contributed by atoms with van der Waals surface area (Å²) in [4.78, 5) is 0. The lowest BCUT2D eigenvalue weighted by Gasteiger charge is -2.30. The third kappa shape index (κ3) is 1.38. The molecule has 0 aromatic heterocycles. The summed E-state index contributed by atoms with van der Waals surface area (Å²) in [6, 6.07) is 0. The van der Waals surface area contributed by atoms with Crippen LogP contribution in [0.5, 0.6) is 0 Å². The molecule has 0 aliphatic heterocycles. The first-order valence-corrected chi connectivity index (χ1v) is 4.21. The van der Waals surface area contributed by atoms with E-state index in [9.17, 15) is 5.11 Å². The Kier molecular flexibility index (Phi) is 2.50. The Hall–Kier alpha value is -0.560. The predicted octanol–water partition coefficient (Wildman–Crippen LogP) is 2.28. The molecule has 1 N–H and O–H groups in total. The van der Waals surface area contributed by atoms with Crippen molar-refractivity contribution in [3.8, 4) is 0 Å². The van der Waals surface area contributed by atoms with E-state index in [0.29, 0.717) is 0 Å². The van der Waals surface area contributed by atoms with Gasteiger partial charge in [-0.3, -0.25) is 0 Å². The molecule has 0 unspecified atom stereocenters. The molecule has 1 atom stereocenters. The highest BCUT2D eigenvalue weighted by Gasteiger charge is 2.26. The van der Waals surface area contributed by atoms with Crippen molar-refractivity contribution < 1.29 is 5.11 Å². The van der Waals surface area contributed by atoms with E-state index in [-0.39, 0.29) is 12.0 Å². The lowest BCUT2D eigenvalue weighted by molar-refractivity contribution is 0.191. The van der Waals surface area contributed by atoms with Crippen LogP contribution in [-0.2, 0) is 0 Å². The third-order valence-electron chi connectivity index (χ3n) is 2.70. The van der Waals surface area contributed by atoms with E-state index >= 15 is 0 Å². The number of hydrogen-bond donors (Lipinski definition) is 1. The Morgan fingerprint density at radius 2 is 2.36 bits per heavy atom. The summed E-state index contributed by atoms with van der Waals surface area (Å²) in [6.45, 7) is 4.45. The van der Waals surface area contributed by atoms with Gasteiger partial charge in [-0.1, -0.05) is 30.7 Å². The molecule has 0 saturated carbocycles. The second-order valence-electron chi connectivity index (χ2n) is 3.19. The van der Waals surface area contributed by atoms with Gasteiger partial charge in [0.1, 0.15) is 0 Å². The van der Waals surface area contributed by atoms with Crippen LogP contribution in [0.25, 0.3) is 0 Å². The molecule has 11 heavy (non-hydrogen) atoms. The van der Waals surface area contributed by atoms with Crippen molar-refractivity contribution in [1.29, 1.82) is 0 Å². The van der Waals surface area contributed by atoms with Crippen LogP contribution < -0.4 is 0 Å². The fourth-order valence-electron chi connectivity index (χ4n) is 1.56. The SMILES string of the molecule is CC[C@@]1(CO)C=CCC=C1C. The summed E-state index contributed by atoms with van der Waals surface area (Å²) in [5.74, 6) is 0. The van der Waals surface area contributed by atoms with Gasteiger partial charge < -0.3 is 5.11 Å². The van der Waals surface area contributed by atoms with E-state index in [1.165, 1.54) is 5.57 Å². The van der Waals surface area contributed by atoms with Gasteiger partial charge >= 0.3 is 0 Å². The molecule has 1 heteroatoms. The van der Waals surface area contributed by atoms with E-state index in [1.54, 1.807) is 0 Å². The van der Waals surface area contributed by atoms with Gasteiger partial charge in [0, 0.05) is 5.41 Å². The smallest absolute Gasteiger partial charge is 0.0559 e. The Morgan fingerprint density at radius 3 is 2.73 bits per heavy atom. The molecule has 0 heterocycles. The molecule has 1 nitrogen and oxygen atoms in total. The molecule has 1 aliphatic carbocycles. The second kappa shape index (κ2) is 3.22. The zero-order valence-electron chi connectivity index (χ0n) is 7.30. The molecular formula is C10H16O. The van der Waals surface area contributed by atoms with E-state index in [4.69, 9.17) is 0 Å². The van der Waals surface area contributed by atoms with Gasteiger partial charge in [-0.25, -0.2) is 0 Å². The van der Waals surface area contributed by atoms with Crippen LogP contribution in [0.3, 0.4) is 0 Å². The number of aliphatic hydroxyl groups excluding tert-OH is 1. The molecule has 1 rings (SSSR count). The minimum atomic E-state index is -0.0434. The first kappa shape index (κ1) is 8.54. The normalized spacial score (nSPS) is 30.3. The van der Waals surface area contributed by atoms with Gasteiger partial charge in [0.05, 0.1) is 6.61 Å². The van der Waals surface area contributed by atoms with Crippen molar-refractivity contribution in [2.24, 2.45) is 5.41 Å². The number of rotatable bonds is 2. The maximum absolute atomic E-state index is 9.22. The summed E-state index contributed by atoms with van der Waals surface area (Å²) < 4.78 is 0. The van der Waals surface area contributed by atoms with E-state index in [2.05, 4.69) is 32.1 Å². The fourth-order valence-corrected chi connectivity index (χ4v) is 1.56. The van der Waals surface area contributed by atoms with E-state index in [1.807, 2.05) is 0 Å². The minimum Gasteiger partial charge on any atom is -0.395 e. The van der Waals surface area contributed by atoms with Crippen LogP contribution in [-0.4, -0.2) is 11.7 Å². The van der Waals surface area contributed by atoms with Crippen LogP contribution in [0.2, 0.25) is 0 Å². The van der Waals surface area contributed by atoms with Gasteiger partial charge in [-0.2, -0.15) is 0 Å². The summed E-state index contributed by atoms with van der Waals surface area (Å²) in [5, 5.41) is 9.22. The fraction of sp³-hybridized carbons (Fsp3) is 0.600. The third-order valence-corrected chi connectivity index (χ3v) is 2.70. The van der Waals surface area contributed by atoms with Crippen LogP contribution >= 0.6 is 0 Å². The maximum Gasteiger partial charge on any atom is 0.0559 e. The van der Waals surface area contributed by atoms with Crippen molar-refractivity contribution in [3.05, 3.63) is 23.8 Å². The topological polar surface area (TPSA) is 20.2 Å². The molecule has 1 aliphatic rings. The molecule has 0 aromatic carbocycles. The molecule has 0 fully saturated rings. The average molecular weight is 152 g/mol. The quantitative estimate of drug-likeness (QED) is 0.602. The Bertz CT molecular complexity index is 185. The average Bonchev–Trinajstić information content (AvgIpc) is 2.06. The van der Waals surface area contributed by atoms with E-state index in [0.717, 1.165) is 12.8 Å². The zero-order chi connectivity index (χ0) is 8.32. The zero-order valence-corrected chi connectivity index (χ0v) is 7.30. The molecule has 62 valence electrons. The number of aliphatic hydroxyl groups is 1. The summed E-state index contributed by atoms with van der Waals surface area (Å²) in [7, 11) is 0. The molecular weight excluding hydrogens is 136 g/mol. The van der Waals surface area contributed by atoms with E-state index < -0.39 is 0 Å². The highest BCUT2D eigenvalue weighted by Crippen LogP contribution is 2.35. The molecule has 0 bridgehead atoms. The van der Waals surface area contributed by atoms with Crippen molar-refractivity contribution in [3.63, 3.8) is 0 Å². The lowest BCUT2D eigenvalue weighted by Crippen LogP contribution is -2.24.